The lowest BCUT2D eigenvalue weighted by Gasteiger charge is -2.41. The molecule has 62 valence electrons. The average molecular weight is 175 g/mol. The zero-order valence-electron chi connectivity index (χ0n) is 8.45. The van der Waals surface area contributed by atoms with E-state index in [1.165, 1.54) is 10.4 Å². The number of hydrogen-bond donors (Lipinski definition) is 0. The highest BCUT2D eigenvalue weighted by molar-refractivity contribution is 6.77. The van der Waals surface area contributed by atoms with Crippen LogP contribution in [-0.2, 0) is 0 Å². The Morgan fingerprint density at radius 3 is 1.40 bits per heavy atom. The second-order valence-electron chi connectivity index (χ2n) is 4.90. The second kappa shape index (κ2) is 2.79. The van der Waals surface area contributed by atoms with Crippen LogP contribution in [0.5, 0.6) is 0 Å². The SMILES string of the molecule is CC(C)(C)N([SiH3])[Si](C)(C)C. The summed E-state index contributed by atoms with van der Waals surface area (Å²) >= 11 is 0. The minimum atomic E-state index is -1.00. The van der Waals surface area contributed by atoms with Gasteiger partial charge >= 0.3 is 0 Å². The first-order valence-electron chi connectivity index (χ1n) is 3.89. The van der Waals surface area contributed by atoms with Gasteiger partial charge in [-0.05, 0) is 26.3 Å². The van der Waals surface area contributed by atoms with Gasteiger partial charge in [0, 0.05) is 0 Å². The molecular weight excluding hydrogens is 154 g/mol. The van der Waals surface area contributed by atoms with Gasteiger partial charge in [-0.25, -0.2) is 0 Å². The average Bonchev–Trinajstić information content (AvgIpc) is 1.59. The summed E-state index contributed by atoms with van der Waals surface area (Å²) in [6, 6.07) is 0. The van der Waals surface area contributed by atoms with Crippen LogP contribution in [0.15, 0.2) is 0 Å². The molecule has 0 bridgehead atoms. The van der Waals surface area contributed by atoms with E-state index in [1.807, 2.05) is 0 Å². The Kier molecular flexibility index (Phi) is 2.90. The van der Waals surface area contributed by atoms with Crippen molar-refractivity contribution < 1.29 is 0 Å². The Morgan fingerprint density at radius 2 is 1.40 bits per heavy atom. The highest BCUT2D eigenvalue weighted by atomic mass is 28.4. The highest BCUT2D eigenvalue weighted by Gasteiger charge is 2.28. The summed E-state index contributed by atoms with van der Waals surface area (Å²) in [7, 11) is 0.201. The molecule has 0 atom stereocenters. The van der Waals surface area contributed by atoms with Gasteiger partial charge in [0.05, 0.1) is 10.4 Å². The molecule has 0 aliphatic rings. The predicted molar refractivity (Wildman–Crippen MR) is 54.9 cm³/mol. The van der Waals surface area contributed by atoms with Crippen LogP contribution in [0.4, 0.5) is 0 Å². The van der Waals surface area contributed by atoms with Crippen LogP contribution in [0.2, 0.25) is 19.6 Å². The topological polar surface area (TPSA) is 3.24 Å². The molecule has 1 nitrogen and oxygen atoms in total. The Morgan fingerprint density at radius 1 is 1.10 bits per heavy atom. The molecule has 0 aromatic heterocycles. The third-order valence-electron chi connectivity index (χ3n) is 2.01. The van der Waals surface area contributed by atoms with Crippen LogP contribution in [0.3, 0.4) is 0 Å². The summed E-state index contributed by atoms with van der Waals surface area (Å²) in [4.78, 5) is 0. The zero-order valence-corrected chi connectivity index (χ0v) is 11.4. The standard InChI is InChI=1S/C7H21NSi2/c1-7(2,3)8(9)10(4,5)6/h1-6,9H3. The molecule has 0 aliphatic carbocycles. The maximum Gasteiger partial charge on any atom is 0.112 e. The lowest BCUT2D eigenvalue weighted by Crippen LogP contribution is -2.54. The van der Waals surface area contributed by atoms with Crippen molar-refractivity contribution in [2.75, 3.05) is 0 Å². The van der Waals surface area contributed by atoms with Crippen molar-refractivity contribution in [2.45, 2.75) is 46.0 Å². The van der Waals surface area contributed by atoms with Crippen LogP contribution in [0.1, 0.15) is 20.8 Å². The van der Waals surface area contributed by atoms with Gasteiger partial charge in [-0.3, -0.25) is 0 Å². The lowest BCUT2D eigenvalue weighted by molar-refractivity contribution is 0.369. The van der Waals surface area contributed by atoms with Gasteiger partial charge in [-0.2, -0.15) is 0 Å². The van der Waals surface area contributed by atoms with E-state index in [-0.39, 0.29) is 0 Å². The maximum atomic E-state index is 2.65. The van der Waals surface area contributed by atoms with Crippen molar-refractivity contribution in [3.8, 4) is 0 Å². The van der Waals surface area contributed by atoms with Crippen LogP contribution >= 0.6 is 0 Å². The van der Waals surface area contributed by atoms with Crippen molar-refractivity contribution >= 4 is 18.6 Å². The minimum absolute atomic E-state index is 0.399. The molecule has 0 aliphatic heterocycles. The summed E-state index contributed by atoms with van der Waals surface area (Å²) in [6.45, 7) is 14.1. The molecule has 0 saturated heterocycles. The molecule has 10 heavy (non-hydrogen) atoms. The Labute approximate surface area is 69.4 Å². The molecule has 0 spiro atoms. The van der Waals surface area contributed by atoms with Crippen molar-refractivity contribution in [1.82, 2.24) is 4.23 Å². The van der Waals surface area contributed by atoms with Gasteiger partial charge in [0.1, 0.15) is 8.24 Å². The Hall–Kier alpha value is 0.394. The highest BCUT2D eigenvalue weighted by Crippen LogP contribution is 2.18. The number of nitrogens with zero attached hydrogens (tertiary/aromatic N) is 1. The molecule has 0 aromatic carbocycles. The number of hydrogen-bond acceptors (Lipinski definition) is 1. The molecule has 0 amide bonds. The molecule has 3 heteroatoms. The monoisotopic (exact) mass is 175 g/mol. The van der Waals surface area contributed by atoms with Gasteiger partial charge < -0.3 is 4.23 Å². The van der Waals surface area contributed by atoms with Crippen molar-refractivity contribution in [3.63, 3.8) is 0 Å². The molecule has 0 N–H and O–H groups in total. The molecule has 0 aromatic rings. The fraction of sp³-hybridized carbons (Fsp3) is 1.00. The summed E-state index contributed by atoms with van der Waals surface area (Å²) in [5.74, 6) is 0. The minimum Gasteiger partial charge on any atom is -0.349 e. The third-order valence-corrected chi connectivity index (χ3v) is 10.1. The lowest BCUT2D eigenvalue weighted by atomic mass is 10.1. The van der Waals surface area contributed by atoms with Gasteiger partial charge in [-0.15, -0.1) is 0 Å². The summed E-state index contributed by atoms with van der Waals surface area (Å²) in [5.41, 5.74) is 0.399. The van der Waals surface area contributed by atoms with E-state index in [2.05, 4.69) is 44.6 Å². The predicted octanol–water partition coefficient (Wildman–Crippen LogP) is 1.20. The Balaban J connectivity index is 4.23. The van der Waals surface area contributed by atoms with E-state index in [1.54, 1.807) is 0 Å². The van der Waals surface area contributed by atoms with E-state index < -0.39 is 8.24 Å². The van der Waals surface area contributed by atoms with Gasteiger partial charge in [0.15, 0.2) is 0 Å². The van der Waals surface area contributed by atoms with Crippen molar-refractivity contribution in [2.24, 2.45) is 0 Å². The molecule has 0 heterocycles. The maximum absolute atomic E-state index is 2.65. The number of rotatable bonds is 1. The normalized spacial score (nSPS) is 14.7. The van der Waals surface area contributed by atoms with E-state index in [0.717, 1.165) is 0 Å². The molecule has 0 saturated carbocycles. The summed E-state index contributed by atoms with van der Waals surface area (Å²) in [6.07, 6.45) is 0. The first-order chi connectivity index (χ1) is 4.15. The largest absolute Gasteiger partial charge is 0.349 e. The van der Waals surface area contributed by atoms with E-state index >= 15 is 0 Å². The third kappa shape index (κ3) is 2.99. The fourth-order valence-corrected chi connectivity index (χ4v) is 3.02. The molecule has 0 radical (unpaired) electrons. The molecule has 0 unspecified atom stereocenters. The molecule has 0 fully saturated rings. The second-order valence-corrected chi connectivity index (χ2v) is 11.7. The summed E-state index contributed by atoms with van der Waals surface area (Å²) in [5, 5.41) is 0. The zero-order chi connectivity index (χ0) is 8.58. The molecular formula is C7H21NSi2. The first-order valence-corrected chi connectivity index (χ1v) is 8.24. The van der Waals surface area contributed by atoms with Crippen LogP contribution in [-0.4, -0.2) is 28.4 Å². The Bertz CT molecular complexity index is 95.8. The fourth-order valence-electron chi connectivity index (χ4n) is 1.01. The van der Waals surface area contributed by atoms with Gasteiger partial charge in [0.25, 0.3) is 0 Å². The van der Waals surface area contributed by atoms with Gasteiger partial charge in [0.2, 0.25) is 0 Å². The van der Waals surface area contributed by atoms with Crippen LogP contribution in [0.25, 0.3) is 0 Å². The first kappa shape index (κ1) is 10.4. The van der Waals surface area contributed by atoms with Crippen LogP contribution in [0, 0.1) is 0 Å². The van der Waals surface area contributed by atoms with Gasteiger partial charge in [-0.1, -0.05) is 19.6 Å². The summed E-state index contributed by atoms with van der Waals surface area (Å²) < 4.78 is 2.65. The quantitative estimate of drug-likeness (QED) is 0.542. The van der Waals surface area contributed by atoms with E-state index in [9.17, 15) is 0 Å². The molecule has 0 rings (SSSR count). The van der Waals surface area contributed by atoms with E-state index in [0.29, 0.717) is 5.54 Å². The van der Waals surface area contributed by atoms with Crippen LogP contribution < -0.4 is 0 Å². The van der Waals surface area contributed by atoms with E-state index in [4.69, 9.17) is 0 Å². The van der Waals surface area contributed by atoms with Crippen molar-refractivity contribution in [1.29, 1.82) is 0 Å². The van der Waals surface area contributed by atoms with Crippen molar-refractivity contribution in [3.05, 3.63) is 0 Å². The smallest absolute Gasteiger partial charge is 0.112 e.